The number of hydrogen-bond acceptors (Lipinski definition) is 3. The molecule has 0 unspecified atom stereocenters. The van der Waals surface area contributed by atoms with Crippen LogP contribution in [0.25, 0.3) is 0 Å². The number of nitrogens with two attached hydrogens (primary N) is 2. The Labute approximate surface area is 106 Å². The van der Waals surface area contributed by atoms with Crippen LogP contribution >= 0.6 is 0 Å². The van der Waals surface area contributed by atoms with Crippen molar-refractivity contribution >= 4 is 11.8 Å². The number of primary amides is 1. The summed E-state index contributed by atoms with van der Waals surface area (Å²) < 4.78 is 0. The van der Waals surface area contributed by atoms with Crippen LogP contribution in [0.4, 0.5) is 0 Å². The zero-order valence-electron chi connectivity index (χ0n) is 10.1. The lowest BCUT2D eigenvalue weighted by Crippen LogP contribution is -2.33. The fraction of sp³-hybridized carbons (Fsp3) is 0.231. The monoisotopic (exact) mass is 245 g/mol. The van der Waals surface area contributed by atoms with Gasteiger partial charge >= 0.3 is 0 Å². The summed E-state index contributed by atoms with van der Waals surface area (Å²) in [7, 11) is 0. The molecule has 5 nitrogen and oxygen atoms in total. The first-order chi connectivity index (χ1) is 8.52. The van der Waals surface area contributed by atoms with Crippen molar-refractivity contribution in [3.8, 4) is 11.8 Å². The molecule has 0 aliphatic rings. The standard InChI is InChI=1S/C13H15N3O2/c1-9-5-10(3-2-4-14)7-11(6-9)13(18)16-8-12(15)17/h5-7H,4,8,14H2,1H3,(H2,15,17)(H,16,18). The van der Waals surface area contributed by atoms with E-state index in [4.69, 9.17) is 11.5 Å². The summed E-state index contributed by atoms with van der Waals surface area (Å²) in [6.45, 7) is 1.94. The van der Waals surface area contributed by atoms with Gasteiger partial charge in [0.05, 0.1) is 13.1 Å². The molecule has 0 aliphatic heterocycles. The quantitative estimate of drug-likeness (QED) is 0.627. The van der Waals surface area contributed by atoms with Crippen LogP contribution in [-0.2, 0) is 4.79 Å². The highest BCUT2D eigenvalue weighted by Gasteiger charge is 2.07. The third kappa shape index (κ3) is 4.28. The minimum Gasteiger partial charge on any atom is -0.368 e. The average molecular weight is 245 g/mol. The van der Waals surface area contributed by atoms with Gasteiger partial charge in [0.25, 0.3) is 5.91 Å². The normalized spacial score (nSPS) is 9.22. The van der Waals surface area contributed by atoms with Crippen molar-refractivity contribution in [3.05, 3.63) is 34.9 Å². The summed E-state index contributed by atoms with van der Waals surface area (Å²) in [5.74, 6) is 4.64. The fourth-order valence-corrected chi connectivity index (χ4v) is 1.41. The van der Waals surface area contributed by atoms with Gasteiger partial charge in [0.15, 0.2) is 0 Å². The first-order valence-electron chi connectivity index (χ1n) is 5.40. The molecule has 94 valence electrons. The van der Waals surface area contributed by atoms with Gasteiger partial charge in [-0.05, 0) is 30.7 Å². The van der Waals surface area contributed by atoms with Crippen LogP contribution in [0.5, 0.6) is 0 Å². The van der Waals surface area contributed by atoms with Crippen LogP contribution in [0.3, 0.4) is 0 Å². The fourth-order valence-electron chi connectivity index (χ4n) is 1.41. The summed E-state index contributed by atoms with van der Waals surface area (Å²) in [5.41, 5.74) is 12.3. The Balaban J connectivity index is 2.91. The van der Waals surface area contributed by atoms with Gasteiger partial charge in [-0.3, -0.25) is 9.59 Å². The van der Waals surface area contributed by atoms with Crippen LogP contribution in [0.15, 0.2) is 18.2 Å². The largest absolute Gasteiger partial charge is 0.368 e. The summed E-state index contributed by atoms with van der Waals surface area (Å²) in [6, 6.07) is 5.21. The van der Waals surface area contributed by atoms with E-state index >= 15 is 0 Å². The molecule has 0 radical (unpaired) electrons. The molecular formula is C13H15N3O2. The molecule has 0 atom stereocenters. The van der Waals surface area contributed by atoms with Crippen LogP contribution < -0.4 is 16.8 Å². The molecule has 0 bridgehead atoms. The van der Waals surface area contributed by atoms with E-state index in [1.54, 1.807) is 12.1 Å². The molecule has 0 saturated heterocycles. The highest BCUT2D eigenvalue weighted by molar-refractivity contribution is 5.96. The highest BCUT2D eigenvalue weighted by atomic mass is 16.2. The molecule has 0 heterocycles. The molecule has 5 heteroatoms. The maximum atomic E-state index is 11.7. The zero-order valence-corrected chi connectivity index (χ0v) is 10.1. The van der Waals surface area contributed by atoms with Gasteiger partial charge < -0.3 is 16.8 Å². The second-order valence-corrected chi connectivity index (χ2v) is 3.74. The minimum atomic E-state index is -0.584. The number of benzene rings is 1. The maximum absolute atomic E-state index is 11.7. The molecule has 1 rings (SSSR count). The van der Waals surface area contributed by atoms with Crippen molar-refractivity contribution in [3.63, 3.8) is 0 Å². The third-order valence-corrected chi connectivity index (χ3v) is 2.10. The van der Waals surface area contributed by atoms with Crippen molar-refractivity contribution in [2.75, 3.05) is 13.1 Å². The van der Waals surface area contributed by atoms with Crippen LogP contribution in [0.1, 0.15) is 21.5 Å². The second kappa shape index (κ2) is 6.42. The molecule has 0 fully saturated rings. The van der Waals surface area contributed by atoms with E-state index in [-0.39, 0.29) is 19.0 Å². The summed E-state index contributed by atoms with van der Waals surface area (Å²) in [6.07, 6.45) is 0. The van der Waals surface area contributed by atoms with Crippen LogP contribution in [0.2, 0.25) is 0 Å². The lowest BCUT2D eigenvalue weighted by Gasteiger charge is -2.05. The number of aryl methyl sites for hydroxylation is 1. The molecule has 5 N–H and O–H groups in total. The van der Waals surface area contributed by atoms with E-state index in [0.29, 0.717) is 11.1 Å². The Bertz CT molecular complexity index is 527. The van der Waals surface area contributed by atoms with E-state index < -0.39 is 5.91 Å². The summed E-state index contributed by atoms with van der Waals surface area (Å²) in [5, 5.41) is 2.42. The van der Waals surface area contributed by atoms with Gasteiger partial charge in [0.1, 0.15) is 0 Å². The van der Waals surface area contributed by atoms with Crippen LogP contribution in [0, 0.1) is 18.8 Å². The Morgan fingerprint density at radius 3 is 2.67 bits per heavy atom. The van der Waals surface area contributed by atoms with Gasteiger partial charge in [-0.15, -0.1) is 0 Å². The molecule has 18 heavy (non-hydrogen) atoms. The Hall–Kier alpha value is -2.32. The van der Waals surface area contributed by atoms with Gasteiger partial charge in [0, 0.05) is 11.1 Å². The smallest absolute Gasteiger partial charge is 0.251 e. The molecule has 0 spiro atoms. The molecule has 1 aromatic carbocycles. The summed E-state index contributed by atoms with van der Waals surface area (Å²) in [4.78, 5) is 22.3. The lowest BCUT2D eigenvalue weighted by molar-refractivity contribution is -0.117. The molecule has 0 saturated carbocycles. The van der Waals surface area contributed by atoms with E-state index in [1.165, 1.54) is 0 Å². The first-order valence-corrected chi connectivity index (χ1v) is 5.40. The predicted octanol–water partition coefficient (Wildman–Crippen LogP) is -0.480. The first kappa shape index (κ1) is 13.7. The topological polar surface area (TPSA) is 98.2 Å². The third-order valence-electron chi connectivity index (χ3n) is 2.10. The highest BCUT2D eigenvalue weighted by Crippen LogP contribution is 2.08. The van der Waals surface area contributed by atoms with Crippen LogP contribution in [-0.4, -0.2) is 24.9 Å². The van der Waals surface area contributed by atoms with Gasteiger partial charge in [-0.2, -0.15) is 0 Å². The van der Waals surface area contributed by atoms with Gasteiger partial charge in [-0.25, -0.2) is 0 Å². The van der Waals surface area contributed by atoms with E-state index in [1.807, 2.05) is 13.0 Å². The predicted molar refractivity (Wildman–Crippen MR) is 68.6 cm³/mol. The van der Waals surface area contributed by atoms with Crippen molar-refractivity contribution in [1.29, 1.82) is 0 Å². The van der Waals surface area contributed by atoms with Crippen molar-refractivity contribution in [2.45, 2.75) is 6.92 Å². The molecule has 2 amide bonds. The summed E-state index contributed by atoms with van der Waals surface area (Å²) >= 11 is 0. The maximum Gasteiger partial charge on any atom is 0.251 e. The molecule has 0 aliphatic carbocycles. The number of rotatable bonds is 3. The molecule has 0 aromatic heterocycles. The Morgan fingerprint density at radius 1 is 1.33 bits per heavy atom. The van der Waals surface area contributed by atoms with Gasteiger partial charge in [0.2, 0.25) is 5.91 Å². The van der Waals surface area contributed by atoms with Gasteiger partial charge in [-0.1, -0.05) is 11.8 Å². The SMILES string of the molecule is Cc1cc(C#CCN)cc(C(=O)NCC(N)=O)c1. The van der Waals surface area contributed by atoms with E-state index in [9.17, 15) is 9.59 Å². The van der Waals surface area contributed by atoms with Crippen molar-refractivity contribution in [2.24, 2.45) is 11.5 Å². The Morgan fingerprint density at radius 2 is 2.06 bits per heavy atom. The zero-order chi connectivity index (χ0) is 13.5. The van der Waals surface area contributed by atoms with E-state index in [2.05, 4.69) is 17.2 Å². The second-order valence-electron chi connectivity index (χ2n) is 3.74. The Kier molecular flexibility index (Phi) is 4.90. The van der Waals surface area contributed by atoms with E-state index in [0.717, 1.165) is 5.56 Å². The molecule has 1 aromatic rings. The number of carbonyl (C=O) groups excluding carboxylic acids is 2. The number of amides is 2. The van der Waals surface area contributed by atoms with Crippen molar-refractivity contribution in [1.82, 2.24) is 5.32 Å². The average Bonchev–Trinajstić information content (AvgIpc) is 2.32. The molecular weight excluding hydrogens is 230 g/mol. The lowest BCUT2D eigenvalue weighted by atomic mass is 10.1. The minimum absolute atomic E-state index is 0.184. The number of hydrogen-bond donors (Lipinski definition) is 3. The number of carbonyl (C=O) groups is 2. The van der Waals surface area contributed by atoms with Crippen molar-refractivity contribution < 1.29 is 9.59 Å². The number of nitrogens with one attached hydrogen (secondary N) is 1.